The molecule has 2 N–H and O–H groups in total. The molecule has 2 heterocycles. The number of benzene rings is 3. The number of hydrogen-bond acceptors (Lipinski definition) is 7. The summed E-state index contributed by atoms with van der Waals surface area (Å²) >= 11 is 0. The Morgan fingerprint density at radius 3 is 2.40 bits per heavy atom. The van der Waals surface area contributed by atoms with Gasteiger partial charge in [0, 0.05) is 35.3 Å². The van der Waals surface area contributed by atoms with Crippen molar-refractivity contribution in [1.29, 1.82) is 0 Å². The molecule has 0 atom stereocenters. The Morgan fingerprint density at radius 2 is 1.70 bits per heavy atom. The maximum absolute atomic E-state index is 13.0. The van der Waals surface area contributed by atoms with E-state index in [0.29, 0.717) is 52.7 Å². The molecule has 5 rings (SSSR count). The van der Waals surface area contributed by atoms with Crippen LogP contribution in [0.4, 0.5) is 10.5 Å². The largest absolute Gasteiger partial charge is 0.493 e. The third kappa shape index (κ3) is 5.29. The highest BCUT2D eigenvalue weighted by Gasteiger charge is 2.21. The average molecular weight is 543 g/mol. The smallest absolute Gasteiger partial charge is 0.346 e. The van der Waals surface area contributed by atoms with Gasteiger partial charge in [0.1, 0.15) is 12.0 Å². The minimum atomic E-state index is -0.383. The van der Waals surface area contributed by atoms with Gasteiger partial charge < -0.3 is 29.0 Å². The fourth-order valence-corrected chi connectivity index (χ4v) is 4.62. The molecule has 2 amide bonds. The molecule has 0 aliphatic carbocycles. The van der Waals surface area contributed by atoms with Gasteiger partial charge in [-0.05, 0) is 47.3 Å². The number of para-hydroxylation sites is 1. The fourth-order valence-electron chi connectivity index (χ4n) is 4.62. The molecule has 0 fully saturated rings. The summed E-state index contributed by atoms with van der Waals surface area (Å²) in [7, 11) is 6.11. The van der Waals surface area contributed by atoms with Crippen LogP contribution in [0.15, 0.2) is 77.5 Å². The first-order valence-corrected chi connectivity index (χ1v) is 12.6. The first-order chi connectivity index (χ1) is 19.6. The van der Waals surface area contributed by atoms with Crippen molar-refractivity contribution in [1.82, 2.24) is 15.5 Å². The number of aromatic nitrogens is 2. The Labute approximate surface area is 231 Å². The zero-order chi connectivity index (χ0) is 28.1. The monoisotopic (exact) mass is 542 g/mol. The number of aromatic amines is 1. The van der Waals surface area contributed by atoms with E-state index in [1.165, 1.54) is 12.2 Å². The molecule has 0 aliphatic rings. The Bertz CT molecular complexity index is 1570. The highest BCUT2D eigenvalue weighted by Crippen LogP contribution is 2.43. The number of fused-ring (bicyclic) bond motifs is 1. The van der Waals surface area contributed by atoms with Crippen LogP contribution < -0.4 is 24.6 Å². The van der Waals surface area contributed by atoms with E-state index in [4.69, 9.17) is 23.6 Å². The number of amides is 2. The summed E-state index contributed by atoms with van der Waals surface area (Å²) in [4.78, 5) is 21.9. The summed E-state index contributed by atoms with van der Waals surface area (Å²) in [6, 6.07) is 20.7. The van der Waals surface area contributed by atoms with E-state index in [0.717, 1.165) is 22.2 Å². The van der Waals surface area contributed by atoms with Crippen LogP contribution in [0.1, 0.15) is 5.69 Å². The zero-order valence-electron chi connectivity index (χ0n) is 22.7. The van der Waals surface area contributed by atoms with E-state index in [1.807, 2.05) is 36.4 Å². The lowest BCUT2D eigenvalue weighted by atomic mass is 10.0. The second kappa shape index (κ2) is 11.8. The number of urea groups is 1. The maximum atomic E-state index is 13.0. The number of nitrogens with one attached hydrogen (secondary N) is 2. The second-order valence-corrected chi connectivity index (χ2v) is 8.88. The van der Waals surface area contributed by atoms with Crippen LogP contribution in [0.25, 0.3) is 33.3 Å². The number of carbonyl (C=O) groups excluding carboxylic acids is 1. The van der Waals surface area contributed by atoms with Gasteiger partial charge in [-0.25, -0.2) is 4.79 Å². The van der Waals surface area contributed by atoms with Crippen LogP contribution in [0, 0.1) is 0 Å². The molecule has 5 aromatic rings. The van der Waals surface area contributed by atoms with Crippen LogP contribution >= 0.6 is 0 Å². The number of anilines is 1. The van der Waals surface area contributed by atoms with E-state index in [-0.39, 0.29) is 6.03 Å². The molecule has 206 valence electrons. The first-order valence-electron chi connectivity index (χ1n) is 12.6. The van der Waals surface area contributed by atoms with Gasteiger partial charge in [-0.1, -0.05) is 35.5 Å². The highest BCUT2D eigenvalue weighted by molar-refractivity contribution is 5.91. The third-order valence-electron chi connectivity index (χ3n) is 6.52. The van der Waals surface area contributed by atoms with Crippen molar-refractivity contribution in [3.8, 4) is 39.6 Å². The van der Waals surface area contributed by atoms with E-state index in [9.17, 15) is 4.79 Å². The van der Waals surface area contributed by atoms with Gasteiger partial charge in [-0.2, -0.15) is 5.06 Å². The molecule has 0 radical (unpaired) electrons. The Balaban J connectivity index is 1.35. The van der Waals surface area contributed by atoms with E-state index < -0.39 is 0 Å². The van der Waals surface area contributed by atoms with Gasteiger partial charge >= 0.3 is 6.03 Å². The molecule has 0 aliphatic heterocycles. The van der Waals surface area contributed by atoms with Crippen LogP contribution in [0.2, 0.25) is 0 Å². The van der Waals surface area contributed by atoms with E-state index in [2.05, 4.69) is 27.6 Å². The van der Waals surface area contributed by atoms with Crippen molar-refractivity contribution in [2.45, 2.75) is 6.42 Å². The lowest BCUT2D eigenvalue weighted by molar-refractivity contribution is 0.163. The number of hydroxylamine groups is 1. The number of nitrogens with zero attached hydrogens (tertiary/aromatic N) is 2. The van der Waals surface area contributed by atoms with Crippen LogP contribution in [-0.4, -0.2) is 51.2 Å². The van der Waals surface area contributed by atoms with Gasteiger partial charge in [0.25, 0.3) is 0 Å². The summed E-state index contributed by atoms with van der Waals surface area (Å²) in [6.45, 7) is 0.433. The summed E-state index contributed by atoms with van der Waals surface area (Å²) in [5.41, 5.74) is 5.42. The highest BCUT2D eigenvalue weighted by atomic mass is 16.7. The van der Waals surface area contributed by atoms with Gasteiger partial charge in [0.15, 0.2) is 11.5 Å². The summed E-state index contributed by atoms with van der Waals surface area (Å²) < 4.78 is 21.8. The molecular weight excluding hydrogens is 512 g/mol. The predicted molar refractivity (Wildman–Crippen MR) is 152 cm³/mol. The number of carbonyl (C=O) groups is 1. The summed E-state index contributed by atoms with van der Waals surface area (Å²) in [6.07, 6.45) is 2.20. The van der Waals surface area contributed by atoms with E-state index >= 15 is 0 Å². The van der Waals surface area contributed by atoms with E-state index in [1.54, 1.807) is 45.8 Å². The Morgan fingerprint density at radius 1 is 0.925 bits per heavy atom. The van der Waals surface area contributed by atoms with Crippen molar-refractivity contribution in [3.63, 3.8) is 0 Å². The van der Waals surface area contributed by atoms with Crippen LogP contribution in [0.5, 0.6) is 17.2 Å². The van der Waals surface area contributed by atoms with Crippen molar-refractivity contribution in [3.05, 3.63) is 78.7 Å². The van der Waals surface area contributed by atoms with Gasteiger partial charge in [0.05, 0.1) is 34.1 Å². The molecule has 3 aromatic carbocycles. The molecule has 0 bridgehead atoms. The molecular formula is C30H30N4O6. The molecule has 0 saturated carbocycles. The quantitative estimate of drug-likeness (QED) is 0.213. The van der Waals surface area contributed by atoms with Gasteiger partial charge in [-0.3, -0.25) is 4.84 Å². The SMILES string of the molecule is COc1cc(-c2nocc2-c2cccc(N(OC)C(=O)NCCc3cc4ccccc4[nH]3)c2)cc(OC)c1OC. The summed E-state index contributed by atoms with van der Waals surface area (Å²) in [5.74, 6) is 1.47. The molecule has 0 spiro atoms. The van der Waals surface area contributed by atoms with Gasteiger partial charge in [0.2, 0.25) is 5.75 Å². The number of hydrogen-bond donors (Lipinski definition) is 2. The maximum Gasteiger partial charge on any atom is 0.346 e. The standard InChI is InChI=1S/C30H30N4O6/c1-36-26-16-21(17-27(37-2)29(26)38-3)28-24(18-40-33-28)19-9-7-10-23(15-19)34(39-4)30(35)31-13-12-22-14-20-8-5-6-11-25(20)32-22/h5-11,14-18,32H,12-13H2,1-4H3,(H,31,35). The van der Waals surface area contributed by atoms with Gasteiger partial charge in [-0.15, -0.1) is 0 Å². The molecule has 0 saturated heterocycles. The zero-order valence-corrected chi connectivity index (χ0v) is 22.7. The van der Waals surface area contributed by atoms with Crippen molar-refractivity contribution < 1.29 is 28.4 Å². The molecule has 2 aromatic heterocycles. The fraction of sp³-hybridized carbons (Fsp3) is 0.200. The third-order valence-corrected chi connectivity index (χ3v) is 6.52. The molecule has 10 nitrogen and oxygen atoms in total. The number of ether oxygens (including phenoxy) is 3. The number of H-pyrrole nitrogens is 1. The Hall–Kier alpha value is -4.96. The lowest BCUT2D eigenvalue weighted by Crippen LogP contribution is -2.40. The number of rotatable bonds is 10. The second-order valence-electron chi connectivity index (χ2n) is 8.88. The first kappa shape index (κ1) is 26.6. The average Bonchev–Trinajstić information content (AvgIpc) is 3.64. The van der Waals surface area contributed by atoms with Crippen LogP contribution in [0.3, 0.4) is 0 Å². The number of methoxy groups -OCH3 is 3. The minimum Gasteiger partial charge on any atom is -0.493 e. The summed E-state index contributed by atoms with van der Waals surface area (Å²) in [5, 5.41) is 9.50. The van der Waals surface area contributed by atoms with Crippen molar-refractivity contribution in [2.24, 2.45) is 0 Å². The normalized spacial score (nSPS) is 10.9. The van der Waals surface area contributed by atoms with Crippen LogP contribution in [-0.2, 0) is 11.3 Å². The predicted octanol–water partition coefficient (Wildman–Crippen LogP) is 5.84. The molecule has 10 heteroatoms. The van der Waals surface area contributed by atoms with Crippen molar-refractivity contribution in [2.75, 3.05) is 40.0 Å². The Kier molecular flexibility index (Phi) is 7.88. The van der Waals surface area contributed by atoms with Crippen molar-refractivity contribution >= 4 is 22.6 Å². The molecule has 0 unspecified atom stereocenters. The topological polar surface area (TPSA) is 111 Å². The molecule has 40 heavy (non-hydrogen) atoms. The minimum absolute atomic E-state index is 0.383. The lowest BCUT2D eigenvalue weighted by Gasteiger charge is -2.20.